The van der Waals surface area contributed by atoms with Crippen LogP contribution in [-0.2, 0) is 4.79 Å². The number of Topliss-reactive ketones (excluding diaryl/α,β-unsaturated/α-hetero) is 1. The predicted molar refractivity (Wildman–Crippen MR) is 72.8 cm³/mol. The number of hydrogen-bond acceptors (Lipinski definition) is 3. The first-order valence-corrected chi connectivity index (χ1v) is 6.37. The summed E-state index contributed by atoms with van der Waals surface area (Å²) >= 11 is 0. The summed E-state index contributed by atoms with van der Waals surface area (Å²) in [6.07, 6.45) is 5.03. The van der Waals surface area contributed by atoms with E-state index in [1.807, 2.05) is 18.5 Å². The molecular weight excluding hydrogens is 224 g/mol. The van der Waals surface area contributed by atoms with E-state index in [1.165, 1.54) is 16.5 Å². The minimum atomic E-state index is 0.275. The summed E-state index contributed by atoms with van der Waals surface area (Å²) in [4.78, 5) is 18.0. The van der Waals surface area contributed by atoms with Gasteiger partial charge < -0.3 is 4.90 Å². The Bertz CT molecular complexity index is 589. The molecule has 92 valence electrons. The van der Waals surface area contributed by atoms with E-state index in [0.29, 0.717) is 18.6 Å². The van der Waals surface area contributed by atoms with Gasteiger partial charge in [-0.25, -0.2) is 0 Å². The fourth-order valence-electron chi connectivity index (χ4n) is 2.71. The number of nitrogens with zero attached hydrogens (tertiary/aromatic N) is 2. The van der Waals surface area contributed by atoms with Crippen molar-refractivity contribution in [3.63, 3.8) is 0 Å². The molecule has 0 bridgehead atoms. The molecule has 0 saturated carbocycles. The number of piperidine rings is 1. The lowest BCUT2D eigenvalue weighted by Crippen LogP contribution is -2.41. The van der Waals surface area contributed by atoms with Gasteiger partial charge in [0, 0.05) is 48.9 Å². The highest BCUT2D eigenvalue weighted by Gasteiger charge is 2.24. The molecular formula is C15H16N2O. The molecule has 2 heterocycles. The van der Waals surface area contributed by atoms with Crippen LogP contribution in [0.5, 0.6) is 0 Å². The van der Waals surface area contributed by atoms with E-state index in [4.69, 9.17) is 0 Å². The van der Waals surface area contributed by atoms with Crippen molar-refractivity contribution in [2.24, 2.45) is 0 Å². The van der Waals surface area contributed by atoms with Gasteiger partial charge in [-0.05, 0) is 24.4 Å². The summed E-state index contributed by atoms with van der Waals surface area (Å²) in [5, 5.41) is 2.37. The highest BCUT2D eigenvalue weighted by Crippen LogP contribution is 2.30. The van der Waals surface area contributed by atoms with Crippen molar-refractivity contribution in [1.82, 2.24) is 4.98 Å². The van der Waals surface area contributed by atoms with Gasteiger partial charge in [-0.15, -0.1) is 0 Å². The third kappa shape index (κ3) is 1.86. The average Bonchev–Trinajstić information content (AvgIpc) is 2.38. The minimum Gasteiger partial charge on any atom is -0.367 e. The molecule has 1 saturated heterocycles. The predicted octanol–water partition coefficient (Wildman–Crippen LogP) is 2.79. The highest BCUT2D eigenvalue weighted by atomic mass is 16.1. The van der Waals surface area contributed by atoms with Crippen LogP contribution in [0.25, 0.3) is 10.8 Å². The van der Waals surface area contributed by atoms with E-state index < -0.39 is 0 Å². The number of rotatable bonds is 1. The van der Waals surface area contributed by atoms with Gasteiger partial charge in [-0.2, -0.15) is 0 Å². The number of benzene rings is 1. The minimum absolute atomic E-state index is 0.275. The van der Waals surface area contributed by atoms with E-state index in [2.05, 4.69) is 35.0 Å². The second-order valence-corrected chi connectivity index (χ2v) is 4.91. The second kappa shape index (κ2) is 4.41. The van der Waals surface area contributed by atoms with Crippen molar-refractivity contribution < 1.29 is 4.79 Å². The van der Waals surface area contributed by atoms with Gasteiger partial charge in [0.05, 0.1) is 0 Å². The van der Waals surface area contributed by atoms with Gasteiger partial charge in [0.15, 0.2) is 0 Å². The zero-order valence-corrected chi connectivity index (χ0v) is 10.5. The Kier molecular flexibility index (Phi) is 2.74. The number of carbonyl (C=O) groups is 1. The second-order valence-electron chi connectivity index (χ2n) is 4.91. The van der Waals surface area contributed by atoms with Crippen LogP contribution in [0.2, 0.25) is 0 Å². The third-order valence-corrected chi connectivity index (χ3v) is 3.66. The van der Waals surface area contributed by atoms with Crippen molar-refractivity contribution in [2.75, 3.05) is 11.4 Å². The Morgan fingerprint density at radius 3 is 3.06 bits per heavy atom. The van der Waals surface area contributed by atoms with Crippen LogP contribution in [0.3, 0.4) is 0 Å². The Labute approximate surface area is 106 Å². The zero-order valence-electron chi connectivity index (χ0n) is 10.5. The van der Waals surface area contributed by atoms with Gasteiger partial charge in [0.2, 0.25) is 0 Å². The lowest BCUT2D eigenvalue weighted by Gasteiger charge is -2.35. The van der Waals surface area contributed by atoms with Crippen LogP contribution >= 0.6 is 0 Å². The molecule has 2 aromatic rings. The van der Waals surface area contributed by atoms with Gasteiger partial charge in [-0.1, -0.05) is 12.1 Å². The van der Waals surface area contributed by atoms with Crippen LogP contribution in [0.15, 0.2) is 36.7 Å². The van der Waals surface area contributed by atoms with Gasteiger partial charge in [0.1, 0.15) is 5.78 Å². The van der Waals surface area contributed by atoms with Gasteiger partial charge in [-0.3, -0.25) is 9.78 Å². The number of anilines is 1. The van der Waals surface area contributed by atoms with E-state index in [1.54, 1.807) is 0 Å². The van der Waals surface area contributed by atoms with Crippen LogP contribution in [0.1, 0.15) is 19.8 Å². The maximum atomic E-state index is 11.5. The molecule has 0 radical (unpaired) electrons. The van der Waals surface area contributed by atoms with Crippen molar-refractivity contribution in [2.45, 2.75) is 25.8 Å². The monoisotopic (exact) mass is 240 g/mol. The lowest BCUT2D eigenvalue weighted by molar-refractivity contribution is -0.120. The van der Waals surface area contributed by atoms with Crippen molar-refractivity contribution >= 4 is 22.2 Å². The SMILES string of the molecule is CC1CC(=O)CCN1c1cccc2ccncc12. The zero-order chi connectivity index (χ0) is 12.5. The molecule has 1 fully saturated rings. The number of fused-ring (bicyclic) bond motifs is 1. The molecule has 0 amide bonds. The number of aromatic nitrogens is 1. The van der Waals surface area contributed by atoms with Crippen molar-refractivity contribution in [3.8, 4) is 0 Å². The highest BCUT2D eigenvalue weighted by molar-refractivity contribution is 5.94. The Hall–Kier alpha value is -1.90. The smallest absolute Gasteiger partial charge is 0.136 e. The summed E-state index contributed by atoms with van der Waals surface area (Å²) in [6.45, 7) is 2.93. The maximum absolute atomic E-state index is 11.5. The molecule has 0 N–H and O–H groups in total. The molecule has 1 atom stereocenters. The largest absolute Gasteiger partial charge is 0.367 e. The van der Waals surface area contributed by atoms with E-state index in [-0.39, 0.29) is 6.04 Å². The molecule has 1 aromatic carbocycles. The molecule has 3 heteroatoms. The molecule has 0 aliphatic carbocycles. The van der Waals surface area contributed by atoms with Crippen molar-refractivity contribution in [3.05, 3.63) is 36.7 Å². The van der Waals surface area contributed by atoms with Crippen LogP contribution in [0.4, 0.5) is 5.69 Å². The van der Waals surface area contributed by atoms with Crippen LogP contribution in [-0.4, -0.2) is 23.4 Å². The number of pyridine rings is 1. The lowest BCUT2D eigenvalue weighted by atomic mass is 10.00. The molecule has 1 unspecified atom stereocenters. The fraction of sp³-hybridized carbons (Fsp3) is 0.333. The average molecular weight is 240 g/mol. The molecule has 1 aromatic heterocycles. The quantitative estimate of drug-likeness (QED) is 0.768. The number of hydrogen-bond donors (Lipinski definition) is 0. The first-order valence-electron chi connectivity index (χ1n) is 6.37. The summed E-state index contributed by atoms with van der Waals surface area (Å²) in [6, 6.07) is 8.59. The summed E-state index contributed by atoms with van der Waals surface area (Å²) in [7, 11) is 0. The summed E-state index contributed by atoms with van der Waals surface area (Å²) in [5.41, 5.74) is 1.20. The van der Waals surface area contributed by atoms with E-state index in [0.717, 1.165) is 6.54 Å². The Morgan fingerprint density at radius 2 is 2.22 bits per heavy atom. The van der Waals surface area contributed by atoms with Crippen LogP contribution in [0, 0.1) is 0 Å². The summed E-state index contributed by atoms with van der Waals surface area (Å²) < 4.78 is 0. The fourth-order valence-corrected chi connectivity index (χ4v) is 2.71. The van der Waals surface area contributed by atoms with E-state index >= 15 is 0 Å². The Balaban J connectivity index is 2.06. The third-order valence-electron chi connectivity index (χ3n) is 3.66. The normalized spacial score (nSPS) is 20.4. The van der Waals surface area contributed by atoms with E-state index in [9.17, 15) is 4.79 Å². The van der Waals surface area contributed by atoms with Crippen LogP contribution < -0.4 is 4.90 Å². The van der Waals surface area contributed by atoms with Gasteiger partial charge >= 0.3 is 0 Å². The molecule has 3 rings (SSSR count). The molecule has 0 spiro atoms. The topological polar surface area (TPSA) is 33.2 Å². The Morgan fingerprint density at radius 1 is 1.33 bits per heavy atom. The number of ketones is 1. The standard InChI is InChI=1S/C15H16N2O/c1-11-9-13(18)6-8-17(11)15-4-2-3-12-5-7-16-10-14(12)15/h2-5,7,10-11H,6,8-9H2,1H3. The molecule has 18 heavy (non-hydrogen) atoms. The van der Waals surface area contributed by atoms with Gasteiger partial charge in [0.25, 0.3) is 0 Å². The summed E-state index contributed by atoms with van der Waals surface area (Å²) in [5.74, 6) is 0.372. The molecule has 1 aliphatic heterocycles. The maximum Gasteiger partial charge on any atom is 0.136 e. The number of carbonyl (C=O) groups excluding carboxylic acids is 1. The first-order chi connectivity index (χ1) is 8.75. The molecule has 3 nitrogen and oxygen atoms in total. The molecule has 1 aliphatic rings. The van der Waals surface area contributed by atoms with Crippen molar-refractivity contribution in [1.29, 1.82) is 0 Å². The first kappa shape index (κ1) is 11.2.